The van der Waals surface area contributed by atoms with Crippen LogP contribution in [-0.4, -0.2) is 47.4 Å². The summed E-state index contributed by atoms with van der Waals surface area (Å²) in [6.45, 7) is 4.86. The van der Waals surface area contributed by atoms with E-state index in [4.69, 9.17) is 4.74 Å². The Hall–Kier alpha value is -2.18. The Morgan fingerprint density at radius 1 is 0.412 bits per heavy atom. The average molecular weight is 955 g/mol. The Bertz CT molecular complexity index is 1150. The molecular formula is C62H115NO5. The van der Waals surface area contributed by atoms with E-state index in [1.165, 1.54) is 231 Å². The van der Waals surface area contributed by atoms with E-state index in [2.05, 4.69) is 55.6 Å². The fraction of sp³-hybridized carbons (Fsp3) is 0.839. The van der Waals surface area contributed by atoms with Gasteiger partial charge >= 0.3 is 5.97 Å². The molecule has 1 amide bonds. The highest BCUT2D eigenvalue weighted by Gasteiger charge is 2.18. The zero-order chi connectivity index (χ0) is 49.3. The van der Waals surface area contributed by atoms with Crippen LogP contribution in [0, 0.1) is 0 Å². The predicted octanol–water partition coefficient (Wildman–Crippen LogP) is 18.6. The summed E-state index contributed by atoms with van der Waals surface area (Å²) in [5.74, 6) is -0.0743. The third kappa shape index (κ3) is 53.2. The van der Waals surface area contributed by atoms with Crippen molar-refractivity contribution in [1.82, 2.24) is 5.32 Å². The highest BCUT2D eigenvalue weighted by atomic mass is 16.5. The molecule has 3 N–H and O–H groups in total. The first-order chi connectivity index (χ1) is 33.5. The minimum Gasteiger partial charge on any atom is -0.466 e. The van der Waals surface area contributed by atoms with E-state index in [9.17, 15) is 19.8 Å². The number of rotatable bonds is 55. The number of carbonyl (C=O) groups is 2. The van der Waals surface area contributed by atoms with Crippen LogP contribution in [0.1, 0.15) is 309 Å². The van der Waals surface area contributed by atoms with Crippen molar-refractivity contribution in [2.24, 2.45) is 0 Å². The van der Waals surface area contributed by atoms with Crippen LogP contribution in [-0.2, 0) is 14.3 Å². The summed E-state index contributed by atoms with van der Waals surface area (Å²) in [6, 6.07) is -0.629. The second kappa shape index (κ2) is 57.4. The van der Waals surface area contributed by atoms with E-state index >= 15 is 0 Å². The summed E-state index contributed by atoms with van der Waals surface area (Å²) < 4.78 is 5.47. The molecule has 6 heteroatoms. The molecule has 0 aromatic heterocycles. The zero-order valence-electron chi connectivity index (χ0n) is 45.3. The standard InChI is InChI=1S/C62H115NO5/c1-3-5-7-9-11-13-15-16-28-32-36-40-44-48-52-56-62(67)68-57-53-49-45-41-37-33-30-27-25-23-21-19-17-18-20-22-24-26-29-31-35-39-43-47-51-55-61(66)63-59(58-64)60(65)54-50-46-42-38-34-14-12-10-8-6-4-2/h11,13,16,18,20,28,50,54,59-60,64-65H,3-10,12,14-15,17,19,21-27,29-49,51-53,55-58H2,1-2H3,(H,63,66)/b13-11-,20-18-,28-16-,54-50+. The minimum atomic E-state index is -0.845. The summed E-state index contributed by atoms with van der Waals surface area (Å²) in [6.07, 6.45) is 72.9. The number of hydrogen-bond acceptors (Lipinski definition) is 5. The van der Waals surface area contributed by atoms with Gasteiger partial charge in [0.05, 0.1) is 25.4 Å². The molecule has 0 radical (unpaired) electrons. The number of esters is 1. The van der Waals surface area contributed by atoms with Gasteiger partial charge in [0.15, 0.2) is 0 Å². The average Bonchev–Trinajstić information content (AvgIpc) is 3.34. The molecule has 2 atom stereocenters. The van der Waals surface area contributed by atoms with Crippen LogP contribution in [0.5, 0.6) is 0 Å². The summed E-state index contributed by atoms with van der Waals surface area (Å²) in [5, 5.41) is 23.0. The van der Waals surface area contributed by atoms with Crippen LogP contribution in [0.2, 0.25) is 0 Å². The fourth-order valence-electron chi connectivity index (χ4n) is 8.95. The number of nitrogens with one attached hydrogen (secondary N) is 1. The Kier molecular flexibility index (Phi) is 55.6. The van der Waals surface area contributed by atoms with Crippen molar-refractivity contribution in [1.29, 1.82) is 0 Å². The SMILES string of the molecule is CCCCC/C=C\C/C=C\CCCCCCCC(=O)OCCCCCCCCCCCCCC/C=C\CCCCCCCCCCCC(=O)NC(CO)C(O)/C=C/CCCCCCCCCCC. The second-order valence-corrected chi connectivity index (χ2v) is 20.3. The molecule has 0 aromatic carbocycles. The van der Waals surface area contributed by atoms with Gasteiger partial charge in [-0.25, -0.2) is 0 Å². The van der Waals surface area contributed by atoms with Crippen molar-refractivity contribution >= 4 is 11.9 Å². The molecule has 0 aliphatic rings. The largest absolute Gasteiger partial charge is 0.466 e. The van der Waals surface area contributed by atoms with Gasteiger partial charge in [-0.15, -0.1) is 0 Å². The Morgan fingerprint density at radius 3 is 1.16 bits per heavy atom. The molecule has 0 aromatic rings. The van der Waals surface area contributed by atoms with Gasteiger partial charge in [0.2, 0.25) is 5.91 Å². The third-order valence-electron chi connectivity index (χ3n) is 13.6. The summed E-state index contributed by atoms with van der Waals surface area (Å²) in [7, 11) is 0. The van der Waals surface area contributed by atoms with Crippen molar-refractivity contribution in [2.45, 2.75) is 321 Å². The predicted molar refractivity (Wildman–Crippen MR) is 296 cm³/mol. The lowest BCUT2D eigenvalue weighted by atomic mass is 10.0. The van der Waals surface area contributed by atoms with Gasteiger partial charge in [0, 0.05) is 12.8 Å². The molecule has 0 spiro atoms. The maximum atomic E-state index is 12.4. The number of aliphatic hydroxyl groups is 2. The van der Waals surface area contributed by atoms with Crippen LogP contribution < -0.4 is 5.32 Å². The van der Waals surface area contributed by atoms with Gasteiger partial charge < -0.3 is 20.3 Å². The smallest absolute Gasteiger partial charge is 0.305 e. The summed E-state index contributed by atoms with van der Waals surface area (Å²) in [5.41, 5.74) is 0. The quantitative estimate of drug-likeness (QED) is 0.0321. The molecule has 0 heterocycles. The normalized spacial score (nSPS) is 12.9. The van der Waals surface area contributed by atoms with Crippen LogP contribution in [0.4, 0.5) is 0 Å². The second-order valence-electron chi connectivity index (χ2n) is 20.3. The van der Waals surface area contributed by atoms with Crippen molar-refractivity contribution in [3.8, 4) is 0 Å². The molecule has 0 aliphatic carbocycles. The molecule has 0 aliphatic heterocycles. The van der Waals surface area contributed by atoms with Gasteiger partial charge in [-0.1, -0.05) is 255 Å². The van der Waals surface area contributed by atoms with Crippen molar-refractivity contribution in [2.75, 3.05) is 13.2 Å². The van der Waals surface area contributed by atoms with Crippen molar-refractivity contribution in [3.63, 3.8) is 0 Å². The number of allylic oxidation sites excluding steroid dienone is 7. The molecule has 6 nitrogen and oxygen atoms in total. The Balaban J connectivity index is 3.41. The lowest BCUT2D eigenvalue weighted by molar-refractivity contribution is -0.143. The van der Waals surface area contributed by atoms with Crippen LogP contribution in [0.25, 0.3) is 0 Å². The first kappa shape index (κ1) is 65.8. The molecule has 0 saturated carbocycles. The van der Waals surface area contributed by atoms with E-state index in [0.29, 0.717) is 19.4 Å². The molecule has 0 rings (SSSR count). The molecule has 2 unspecified atom stereocenters. The highest BCUT2D eigenvalue weighted by molar-refractivity contribution is 5.76. The molecule has 0 bridgehead atoms. The van der Waals surface area contributed by atoms with Gasteiger partial charge in [-0.3, -0.25) is 9.59 Å². The fourth-order valence-corrected chi connectivity index (χ4v) is 8.95. The number of hydrogen-bond donors (Lipinski definition) is 3. The molecule has 0 saturated heterocycles. The number of unbranched alkanes of at least 4 members (excludes halogenated alkanes) is 38. The maximum absolute atomic E-state index is 12.4. The van der Waals surface area contributed by atoms with E-state index in [0.717, 1.165) is 51.4 Å². The summed E-state index contributed by atoms with van der Waals surface area (Å²) in [4.78, 5) is 24.5. The van der Waals surface area contributed by atoms with E-state index < -0.39 is 12.1 Å². The van der Waals surface area contributed by atoms with Crippen LogP contribution in [0.15, 0.2) is 48.6 Å². The minimum absolute atomic E-state index is 0.00158. The van der Waals surface area contributed by atoms with Crippen molar-refractivity contribution in [3.05, 3.63) is 48.6 Å². The van der Waals surface area contributed by atoms with Gasteiger partial charge in [0.25, 0.3) is 0 Å². The zero-order valence-corrected chi connectivity index (χ0v) is 45.3. The Labute approximate surface area is 423 Å². The lowest BCUT2D eigenvalue weighted by Crippen LogP contribution is -2.45. The van der Waals surface area contributed by atoms with Gasteiger partial charge in [-0.2, -0.15) is 0 Å². The van der Waals surface area contributed by atoms with Crippen LogP contribution in [0.3, 0.4) is 0 Å². The molecule has 68 heavy (non-hydrogen) atoms. The summed E-state index contributed by atoms with van der Waals surface area (Å²) >= 11 is 0. The van der Waals surface area contributed by atoms with E-state index in [1.807, 2.05) is 6.08 Å². The molecular weight excluding hydrogens is 839 g/mol. The Morgan fingerprint density at radius 2 is 0.735 bits per heavy atom. The van der Waals surface area contributed by atoms with Gasteiger partial charge in [0.1, 0.15) is 0 Å². The molecule has 0 fully saturated rings. The third-order valence-corrected chi connectivity index (χ3v) is 13.6. The monoisotopic (exact) mass is 954 g/mol. The van der Waals surface area contributed by atoms with Crippen molar-refractivity contribution < 1.29 is 24.5 Å². The number of amides is 1. The number of carbonyl (C=O) groups excluding carboxylic acids is 2. The van der Waals surface area contributed by atoms with E-state index in [1.54, 1.807) is 6.08 Å². The lowest BCUT2D eigenvalue weighted by Gasteiger charge is -2.20. The number of ether oxygens (including phenoxy) is 1. The van der Waals surface area contributed by atoms with Gasteiger partial charge in [-0.05, 0) is 89.9 Å². The highest BCUT2D eigenvalue weighted by Crippen LogP contribution is 2.16. The molecule has 398 valence electrons. The first-order valence-electron chi connectivity index (χ1n) is 29.9. The topological polar surface area (TPSA) is 95.9 Å². The van der Waals surface area contributed by atoms with Crippen LogP contribution >= 0.6 is 0 Å². The van der Waals surface area contributed by atoms with E-state index in [-0.39, 0.29) is 18.5 Å². The number of aliphatic hydroxyl groups excluding tert-OH is 2. The first-order valence-corrected chi connectivity index (χ1v) is 29.9. The maximum Gasteiger partial charge on any atom is 0.305 e.